The molecule has 0 saturated carbocycles. The predicted octanol–water partition coefficient (Wildman–Crippen LogP) is 7.09. The van der Waals surface area contributed by atoms with Gasteiger partial charge >= 0.3 is 0 Å². The maximum Gasteiger partial charge on any atom is 0.264 e. The summed E-state index contributed by atoms with van der Waals surface area (Å²) in [6.45, 7) is 3.30. The Morgan fingerprint density at radius 2 is 1.59 bits per heavy atom. The van der Waals surface area contributed by atoms with E-state index in [1.807, 2.05) is 62.4 Å². The number of hydrogen-bond donors (Lipinski definition) is 1. The maximum atomic E-state index is 13.8. The largest absolute Gasteiger partial charge is 0.495 e. The first kappa shape index (κ1) is 28.5. The van der Waals surface area contributed by atoms with Crippen molar-refractivity contribution in [1.82, 2.24) is 0 Å². The number of thioether (sulfide) groups is 1. The van der Waals surface area contributed by atoms with Gasteiger partial charge < -0.3 is 10.1 Å². The number of rotatable bonds is 10. The third kappa shape index (κ3) is 7.15. The first-order valence-corrected chi connectivity index (χ1v) is 15.0. The van der Waals surface area contributed by atoms with Crippen molar-refractivity contribution in [2.45, 2.75) is 29.4 Å². The molecule has 0 aromatic heterocycles. The summed E-state index contributed by atoms with van der Waals surface area (Å²) in [7, 11) is -2.62. The molecule has 0 unspecified atom stereocenters. The Morgan fingerprint density at radius 3 is 2.28 bits per heavy atom. The zero-order valence-corrected chi connectivity index (χ0v) is 24.2. The predicted molar refractivity (Wildman–Crippen MR) is 160 cm³/mol. The number of nitrogens with zero attached hydrogens (tertiary/aromatic N) is 1. The molecule has 1 amide bonds. The van der Waals surface area contributed by atoms with Crippen molar-refractivity contribution >= 4 is 50.7 Å². The van der Waals surface area contributed by atoms with Crippen molar-refractivity contribution in [2.75, 3.05) is 23.3 Å². The number of benzene rings is 4. The summed E-state index contributed by atoms with van der Waals surface area (Å²) in [6, 6.07) is 26.8. The minimum absolute atomic E-state index is 0.0865. The molecule has 0 saturated heterocycles. The van der Waals surface area contributed by atoms with Crippen LogP contribution in [-0.4, -0.2) is 28.0 Å². The Labute approximate surface area is 239 Å². The lowest BCUT2D eigenvalue weighted by Gasteiger charge is -2.26. The van der Waals surface area contributed by atoms with Gasteiger partial charge in [-0.3, -0.25) is 9.10 Å². The molecule has 6 nitrogen and oxygen atoms in total. The number of aryl methyl sites for hydroxylation is 2. The highest BCUT2D eigenvalue weighted by molar-refractivity contribution is 7.98. The van der Waals surface area contributed by atoms with E-state index < -0.39 is 22.5 Å². The van der Waals surface area contributed by atoms with Gasteiger partial charge in [-0.05, 0) is 73.5 Å². The van der Waals surface area contributed by atoms with Gasteiger partial charge in [0.1, 0.15) is 12.3 Å². The van der Waals surface area contributed by atoms with Crippen LogP contribution < -0.4 is 14.4 Å². The van der Waals surface area contributed by atoms with Gasteiger partial charge in [0.15, 0.2) is 0 Å². The second-order valence-electron chi connectivity index (χ2n) is 8.96. The number of methoxy groups -OCH3 is 1. The van der Waals surface area contributed by atoms with E-state index in [-0.39, 0.29) is 4.90 Å². The quantitative estimate of drug-likeness (QED) is 0.203. The van der Waals surface area contributed by atoms with Crippen LogP contribution >= 0.6 is 23.4 Å². The minimum atomic E-state index is -4.09. The molecule has 202 valence electrons. The van der Waals surface area contributed by atoms with Gasteiger partial charge in [-0.25, -0.2) is 8.42 Å². The fraction of sp³-hybridized carbons (Fsp3) is 0.167. The normalized spacial score (nSPS) is 11.2. The lowest BCUT2D eigenvalue weighted by Crippen LogP contribution is -2.38. The Morgan fingerprint density at radius 1 is 0.923 bits per heavy atom. The fourth-order valence-electron chi connectivity index (χ4n) is 3.89. The van der Waals surface area contributed by atoms with Gasteiger partial charge in [0.25, 0.3) is 10.0 Å². The standard InChI is InChI=1S/C30H29ClN2O4S2/c1-21-8-15-25(16-9-21)39(35,36)33(27-18-22(2)10-17-28(27)37-3)19-30(34)32-26-6-4-5-7-29(26)38-20-23-11-13-24(31)14-12-23/h4-18H,19-20H2,1-3H3,(H,32,34). The molecule has 0 heterocycles. The Bertz CT molecular complexity index is 1560. The van der Waals surface area contributed by atoms with Gasteiger partial charge in [-0.15, -0.1) is 11.8 Å². The molecule has 0 fully saturated rings. The van der Waals surface area contributed by atoms with Gasteiger partial charge in [-0.2, -0.15) is 0 Å². The van der Waals surface area contributed by atoms with Crippen LogP contribution in [0.15, 0.2) is 101 Å². The molecule has 9 heteroatoms. The number of carbonyl (C=O) groups is 1. The topological polar surface area (TPSA) is 75.7 Å². The average Bonchev–Trinajstić information content (AvgIpc) is 2.92. The molecular weight excluding hydrogens is 552 g/mol. The number of ether oxygens (including phenoxy) is 1. The number of anilines is 2. The van der Waals surface area contributed by atoms with E-state index in [0.29, 0.717) is 27.9 Å². The lowest BCUT2D eigenvalue weighted by molar-refractivity contribution is -0.114. The van der Waals surface area contributed by atoms with E-state index in [4.69, 9.17) is 16.3 Å². The minimum Gasteiger partial charge on any atom is -0.495 e. The van der Waals surface area contributed by atoms with E-state index in [1.165, 1.54) is 7.11 Å². The smallest absolute Gasteiger partial charge is 0.264 e. The van der Waals surface area contributed by atoms with Crippen LogP contribution in [0.2, 0.25) is 5.02 Å². The lowest BCUT2D eigenvalue weighted by atomic mass is 10.2. The third-order valence-electron chi connectivity index (χ3n) is 5.97. The van der Waals surface area contributed by atoms with Crippen molar-refractivity contribution in [3.05, 3.63) is 113 Å². The second kappa shape index (κ2) is 12.6. The molecule has 0 aliphatic rings. The molecule has 4 aromatic rings. The molecule has 39 heavy (non-hydrogen) atoms. The maximum absolute atomic E-state index is 13.8. The summed E-state index contributed by atoms with van der Waals surface area (Å²) in [4.78, 5) is 14.3. The highest BCUT2D eigenvalue weighted by Crippen LogP contribution is 2.34. The molecule has 0 bridgehead atoms. The molecule has 0 aliphatic heterocycles. The number of para-hydroxylation sites is 1. The zero-order chi connectivity index (χ0) is 28.0. The molecule has 0 aliphatic carbocycles. The summed E-state index contributed by atoms with van der Waals surface area (Å²) in [5.41, 5.74) is 3.75. The summed E-state index contributed by atoms with van der Waals surface area (Å²) < 4.78 is 34.3. The average molecular weight is 581 g/mol. The second-order valence-corrected chi connectivity index (χ2v) is 12.3. The van der Waals surface area contributed by atoms with Crippen LogP contribution in [-0.2, 0) is 20.6 Å². The molecule has 4 rings (SSSR count). The Hall–Kier alpha value is -3.46. The fourth-order valence-corrected chi connectivity index (χ4v) is 6.40. The van der Waals surface area contributed by atoms with Gasteiger partial charge in [0.2, 0.25) is 5.91 Å². The van der Waals surface area contributed by atoms with Crippen LogP contribution in [0.3, 0.4) is 0 Å². The zero-order valence-electron chi connectivity index (χ0n) is 21.8. The Kier molecular flexibility index (Phi) is 9.22. The van der Waals surface area contributed by atoms with E-state index in [1.54, 1.807) is 54.2 Å². The SMILES string of the molecule is COc1ccc(C)cc1N(CC(=O)Nc1ccccc1SCc1ccc(Cl)cc1)S(=O)(=O)c1ccc(C)cc1. The molecule has 0 spiro atoms. The van der Waals surface area contributed by atoms with E-state index in [2.05, 4.69) is 5.32 Å². The first-order chi connectivity index (χ1) is 18.7. The number of carbonyl (C=O) groups excluding carboxylic acids is 1. The number of halogens is 1. The highest BCUT2D eigenvalue weighted by atomic mass is 35.5. The molecule has 0 radical (unpaired) electrons. The van der Waals surface area contributed by atoms with E-state index in [0.717, 1.165) is 25.9 Å². The van der Waals surface area contributed by atoms with Crippen molar-refractivity contribution < 1.29 is 17.9 Å². The summed E-state index contributed by atoms with van der Waals surface area (Å²) in [5.74, 6) is 0.551. The monoisotopic (exact) mass is 580 g/mol. The summed E-state index contributed by atoms with van der Waals surface area (Å²) >= 11 is 7.56. The highest BCUT2D eigenvalue weighted by Gasteiger charge is 2.30. The van der Waals surface area contributed by atoms with Crippen LogP contribution in [0.1, 0.15) is 16.7 Å². The van der Waals surface area contributed by atoms with Crippen molar-refractivity contribution in [3.8, 4) is 5.75 Å². The van der Waals surface area contributed by atoms with Crippen LogP contribution in [0.5, 0.6) is 5.75 Å². The molecule has 1 N–H and O–H groups in total. The number of hydrogen-bond acceptors (Lipinski definition) is 5. The number of sulfonamides is 1. The van der Waals surface area contributed by atoms with Gasteiger partial charge in [0.05, 0.1) is 23.4 Å². The molecule has 0 atom stereocenters. The van der Waals surface area contributed by atoms with Gasteiger partial charge in [-0.1, -0.05) is 59.6 Å². The summed E-state index contributed by atoms with van der Waals surface area (Å²) in [6.07, 6.45) is 0. The molecule has 4 aromatic carbocycles. The Balaban J connectivity index is 1.62. The molecular formula is C30H29ClN2O4S2. The summed E-state index contributed by atoms with van der Waals surface area (Å²) in [5, 5.41) is 3.59. The number of amides is 1. The van der Waals surface area contributed by atoms with Crippen molar-refractivity contribution in [1.29, 1.82) is 0 Å². The van der Waals surface area contributed by atoms with Crippen LogP contribution in [0, 0.1) is 13.8 Å². The first-order valence-electron chi connectivity index (χ1n) is 12.2. The van der Waals surface area contributed by atoms with Crippen LogP contribution in [0.4, 0.5) is 11.4 Å². The van der Waals surface area contributed by atoms with Crippen molar-refractivity contribution in [2.24, 2.45) is 0 Å². The van der Waals surface area contributed by atoms with Crippen LogP contribution in [0.25, 0.3) is 0 Å². The van der Waals surface area contributed by atoms with E-state index in [9.17, 15) is 13.2 Å². The van der Waals surface area contributed by atoms with Gasteiger partial charge in [0, 0.05) is 15.7 Å². The third-order valence-corrected chi connectivity index (χ3v) is 9.14. The van der Waals surface area contributed by atoms with Crippen molar-refractivity contribution in [3.63, 3.8) is 0 Å². The number of nitrogens with one attached hydrogen (secondary N) is 1. The van der Waals surface area contributed by atoms with E-state index >= 15 is 0 Å².